The summed E-state index contributed by atoms with van der Waals surface area (Å²) in [4.78, 5) is 0. The van der Waals surface area contributed by atoms with E-state index in [4.69, 9.17) is 4.74 Å². The Hall–Kier alpha value is -2.38. The third-order valence-corrected chi connectivity index (χ3v) is 3.62. The first-order chi connectivity index (χ1) is 10.9. The molecule has 3 aromatic carbocycles. The van der Waals surface area contributed by atoms with Crippen LogP contribution >= 0.6 is 0 Å². The van der Waals surface area contributed by atoms with Gasteiger partial charge in [0.05, 0.1) is 0 Å². The molecule has 22 heavy (non-hydrogen) atoms. The minimum Gasteiger partial charge on any atom is -0.371 e. The molecule has 1 nitrogen and oxygen atoms in total. The summed E-state index contributed by atoms with van der Waals surface area (Å²) in [7, 11) is 0. The van der Waals surface area contributed by atoms with Crippen LogP contribution in [-0.4, -0.2) is 6.61 Å². The van der Waals surface area contributed by atoms with Crippen LogP contribution < -0.4 is 0 Å². The lowest BCUT2D eigenvalue weighted by molar-refractivity contribution is 0.230. The maximum Gasteiger partial charge on any atom is 0.113 e. The van der Waals surface area contributed by atoms with Crippen LogP contribution in [0, 0.1) is 6.61 Å². The molecule has 1 heteroatoms. The van der Waals surface area contributed by atoms with E-state index in [9.17, 15) is 0 Å². The molecule has 0 atom stereocenters. The molecule has 3 aromatic rings. The maximum atomic E-state index is 5.50. The monoisotopic (exact) mass is 287 g/mol. The molecule has 0 aliphatic heterocycles. The summed E-state index contributed by atoms with van der Waals surface area (Å²) in [6.07, 6.45) is 0. The van der Waals surface area contributed by atoms with Gasteiger partial charge in [-0.05, 0) is 40.8 Å². The average Bonchev–Trinajstić information content (AvgIpc) is 2.61. The summed E-state index contributed by atoms with van der Waals surface area (Å²) in [5.41, 5.74) is 5.94. The van der Waals surface area contributed by atoms with Gasteiger partial charge in [-0.25, -0.2) is 0 Å². The molecule has 0 saturated carbocycles. The van der Waals surface area contributed by atoms with Crippen molar-refractivity contribution < 1.29 is 4.74 Å². The second kappa shape index (κ2) is 7.06. The van der Waals surface area contributed by atoms with E-state index in [2.05, 4.69) is 66.7 Å². The fourth-order valence-corrected chi connectivity index (χ4v) is 2.51. The Labute approximate surface area is 132 Å². The molecular formula is C21H19O. The minimum absolute atomic E-state index is 0.675. The molecule has 0 spiro atoms. The van der Waals surface area contributed by atoms with E-state index in [-0.39, 0.29) is 0 Å². The minimum atomic E-state index is 0.675. The van der Waals surface area contributed by atoms with Crippen LogP contribution in [0.25, 0.3) is 22.3 Å². The quantitative estimate of drug-likeness (QED) is 0.596. The number of ether oxygens (including phenoxy) is 1. The van der Waals surface area contributed by atoms with Crippen LogP contribution in [0.1, 0.15) is 12.5 Å². The smallest absolute Gasteiger partial charge is 0.113 e. The predicted molar refractivity (Wildman–Crippen MR) is 92.3 cm³/mol. The van der Waals surface area contributed by atoms with Gasteiger partial charge < -0.3 is 4.74 Å². The third kappa shape index (κ3) is 3.26. The number of benzene rings is 3. The molecule has 0 heterocycles. The highest BCUT2D eigenvalue weighted by Gasteiger charge is 2.08. The molecule has 0 bridgehead atoms. The van der Waals surface area contributed by atoms with E-state index in [0.29, 0.717) is 6.61 Å². The van der Waals surface area contributed by atoms with E-state index >= 15 is 0 Å². The van der Waals surface area contributed by atoms with Crippen molar-refractivity contribution in [2.24, 2.45) is 0 Å². The normalized spacial score (nSPS) is 10.6. The Morgan fingerprint density at radius 2 is 1.36 bits per heavy atom. The molecule has 0 amide bonds. The molecule has 0 aliphatic rings. The maximum absolute atomic E-state index is 5.50. The average molecular weight is 287 g/mol. The summed E-state index contributed by atoms with van der Waals surface area (Å²) >= 11 is 0. The zero-order valence-corrected chi connectivity index (χ0v) is 12.7. The number of hydrogen-bond donors (Lipinski definition) is 0. The molecule has 3 rings (SSSR count). The van der Waals surface area contributed by atoms with Crippen molar-refractivity contribution in [3.63, 3.8) is 0 Å². The molecule has 0 unspecified atom stereocenters. The lowest BCUT2D eigenvalue weighted by atomic mass is 9.95. The first-order valence-electron chi connectivity index (χ1n) is 7.58. The Morgan fingerprint density at radius 3 is 2.00 bits per heavy atom. The highest BCUT2D eigenvalue weighted by atomic mass is 16.5. The van der Waals surface area contributed by atoms with Gasteiger partial charge in [-0.1, -0.05) is 72.8 Å². The van der Waals surface area contributed by atoms with Crippen LogP contribution in [0.2, 0.25) is 0 Å². The van der Waals surface area contributed by atoms with E-state index in [0.717, 1.165) is 5.56 Å². The molecule has 1 radical (unpaired) electrons. The molecule has 109 valence electrons. The van der Waals surface area contributed by atoms with Gasteiger partial charge in [0, 0.05) is 6.61 Å². The lowest BCUT2D eigenvalue weighted by Gasteiger charge is -2.12. The Balaban J connectivity index is 2.06. The standard InChI is InChI=1S/C21H19O/c1-2-22-16-20-14-13-19(17-9-5-3-6-10-17)15-21(20)18-11-7-4-8-12-18/h3-16H,2H2,1H3. The fraction of sp³-hybridized carbons (Fsp3) is 0.0952. The van der Waals surface area contributed by atoms with Gasteiger partial charge in [-0.3, -0.25) is 0 Å². The zero-order valence-electron chi connectivity index (χ0n) is 12.7. The van der Waals surface area contributed by atoms with Crippen molar-refractivity contribution in [3.8, 4) is 22.3 Å². The van der Waals surface area contributed by atoms with E-state index in [1.807, 2.05) is 25.7 Å². The van der Waals surface area contributed by atoms with Crippen molar-refractivity contribution in [2.75, 3.05) is 6.61 Å². The van der Waals surface area contributed by atoms with E-state index < -0.39 is 0 Å². The predicted octanol–water partition coefficient (Wildman–Crippen LogP) is 5.57. The van der Waals surface area contributed by atoms with Gasteiger partial charge in [0.25, 0.3) is 0 Å². The summed E-state index contributed by atoms with van der Waals surface area (Å²) < 4.78 is 5.50. The van der Waals surface area contributed by atoms with Crippen LogP contribution in [0.15, 0.2) is 78.9 Å². The first kappa shape index (κ1) is 14.6. The highest BCUT2D eigenvalue weighted by molar-refractivity contribution is 5.76. The largest absolute Gasteiger partial charge is 0.371 e. The summed E-state index contributed by atoms with van der Waals surface area (Å²) in [5.74, 6) is 0. The molecule has 0 N–H and O–H groups in total. The van der Waals surface area contributed by atoms with Gasteiger partial charge in [-0.2, -0.15) is 0 Å². The van der Waals surface area contributed by atoms with Gasteiger partial charge in [0.15, 0.2) is 0 Å². The third-order valence-electron chi connectivity index (χ3n) is 3.62. The van der Waals surface area contributed by atoms with E-state index in [1.54, 1.807) is 0 Å². The fourth-order valence-electron chi connectivity index (χ4n) is 2.51. The SMILES string of the molecule is CCO[CH]c1ccc(-c2ccccc2)cc1-c1ccccc1. The molecule has 0 aromatic heterocycles. The van der Waals surface area contributed by atoms with Gasteiger partial charge in [0.2, 0.25) is 0 Å². The second-order valence-electron chi connectivity index (χ2n) is 5.11. The Kier molecular flexibility index (Phi) is 4.67. The lowest BCUT2D eigenvalue weighted by Crippen LogP contribution is -1.93. The van der Waals surface area contributed by atoms with Crippen molar-refractivity contribution in [3.05, 3.63) is 91.0 Å². The van der Waals surface area contributed by atoms with Gasteiger partial charge in [0.1, 0.15) is 6.61 Å². The summed E-state index contributed by atoms with van der Waals surface area (Å²) in [6.45, 7) is 4.52. The number of rotatable bonds is 5. The van der Waals surface area contributed by atoms with Crippen molar-refractivity contribution in [2.45, 2.75) is 6.92 Å². The van der Waals surface area contributed by atoms with Crippen LogP contribution in [0.4, 0.5) is 0 Å². The van der Waals surface area contributed by atoms with Crippen molar-refractivity contribution in [1.29, 1.82) is 0 Å². The Bertz CT molecular complexity index is 717. The molecule has 0 fully saturated rings. The van der Waals surface area contributed by atoms with Crippen molar-refractivity contribution in [1.82, 2.24) is 0 Å². The van der Waals surface area contributed by atoms with E-state index in [1.165, 1.54) is 22.3 Å². The van der Waals surface area contributed by atoms with Crippen LogP contribution in [0.3, 0.4) is 0 Å². The van der Waals surface area contributed by atoms with Crippen LogP contribution in [-0.2, 0) is 4.74 Å². The van der Waals surface area contributed by atoms with Gasteiger partial charge in [-0.15, -0.1) is 0 Å². The topological polar surface area (TPSA) is 9.23 Å². The summed E-state index contributed by atoms with van der Waals surface area (Å²) in [5, 5.41) is 0. The zero-order chi connectivity index (χ0) is 15.2. The first-order valence-corrected chi connectivity index (χ1v) is 7.58. The van der Waals surface area contributed by atoms with Crippen LogP contribution in [0.5, 0.6) is 0 Å². The summed E-state index contributed by atoms with van der Waals surface area (Å²) in [6, 6.07) is 27.4. The Morgan fingerprint density at radius 1 is 0.727 bits per heavy atom. The second-order valence-corrected chi connectivity index (χ2v) is 5.11. The molecule has 0 saturated heterocycles. The molecule has 0 aliphatic carbocycles. The highest BCUT2D eigenvalue weighted by Crippen LogP contribution is 2.30. The number of hydrogen-bond acceptors (Lipinski definition) is 1. The molecular weight excluding hydrogens is 268 g/mol. The van der Waals surface area contributed by atoms with Crippen molar-refractivity contribution >= 4 is 0 Å². The van der Waals surface area contributed by atoms with Gasteiger partial charge >= 0.3 is 0 Å².